The van der Waals surface area contributed by atoms with Gasteiger partial charge in [0.1, 0.15) is 0 Å². The predicted octanol–water partition coefficient (Wildman–Crippen LogP) is 2.99. The highest BCUT2D eigenvalue weighted by atomic mass is 16.3. The molecule has 0 aliphatic rings. The minimum absolute atomic E-state index is 0.294. The van der Waals surface area contributed by atoms with E-state index < -0.39 is 5.75 Å². The average molecular weight is 246 g/mol. The molecule has 0 fully saturated rings. The van der Waals surface area contributed by atoms with Crippen LogP contribution in [0.15, 0.2) is 38.0 Å². The zero-order valence-corrected chi connectivity index (χ0v) is 10.3. The molecule has 0 bridgehead atoms. The molecule has 0 saturated heterocycles. The van der Waals surface area contributed by atoms with Gasteiger partial charge >= 0.3 is 0 Å². The fourth-order valence-corrected chi connectivity index (χ4v) is 1.99. The van der Waals surface area contributed by atoms with E-state index in [9.17, 15) is 15.3 Å². The molecule has 1 aromatic carbocycles. The molecule has 0 radical (unpaired) electrons. The number of phenolic OH excluding ortho intramolecular Hbond substituents is 3. The maximum absolute atomic E-state index is 9.89. The second kappa shape index (κ2) is 5.96. The van der Waals surface area contributed by atoms with Crippen LogP contribution in [0.1, 0.15) is 16.7 Å². The number of allylic oxidation sites excluding steroid dienone is 3. The van der Waals surface area contributed by atoms with Crippen LogP contribution in [0.4, 0.5) is 0 Å². The number of phenols is 3. The van der Waals surface area contributed by atoms with Gasteiger partial charge in [0.25, 0.3) is 0 Å². The molecule has 0 aromatic heterocycles. The normalized spacial score (nSPS) is 10.0. The maximum atomic E-state index is 9.89. The molecule has 96 valence electrons. The molecular formula is C15H18O3. The molecule has 0 amide bonds. The van der Waals surface area contributed by atoms with E-state index in [1.54, 1.807) is 18.2 Å². The highest BCUT2D eigenvalue weighted by molar-refractivity contribution is 5.63. The summed E-state index contributed by atoms with van der Waals surface area (Å²) in [4.78, 5) is 0. The smallest absolute Gasteiger partial charge is 0.200 e. The summed E-state index contributed by atoms with van der Waals surface area (Å²) in [6.45, 7) is 10.9. The minimum atomic E-state index is -0.489. The van der Waals surface area contributed by atoms with E-state index in [4.69, 9.17) is 0 Å². The third-order valence-electron chi connectivity index (χ3n) is 2.79. The first-order valence-electron chi connectivity index (χ1n) is 5.68. The van der Waals surface area contributed by atoms with E-state index in [0.29, 0.717) is 30.4 Å². The summed E-state index contributed by atoms with van der Waals surface area (Å²) in [6, 6.07) is 0. The van der Waals surface area contributed by atoms with Crippen molar-refractivity contribution in [3.8, 4) is 17.2 Å². The lowest BCUT2D eigenvalue weighted by Crippen LogP contribution is -2.00. The maximum Gasteiger partial charge on any atom is 0.200 e. The molecule has 0 saturated carbocycles. The predicted molar refractivity (Wildman–Crippen MR) is 73.1 cm³/mol. The van der Waals surface area contributed by atoms with Gasteiger partial charge in [0.05, 0.1) is 0 Å². The van der Waals surface area contributed by atoms with Gasteiger partial charge in [-0.25, -0.2) is 0 Å². The van der Waals surface area contributed by atoms with Crippen LogP contribution in [0.5, 0.6) is 17.2 Å². The SMILES string of the molecule is C=CCc1c(O)c(O)c(O)c(CC=C)c1CC=C. The van der Waals surface area contributed by atoms with Gasteiger partial charge in [0.2, 0.25) is 5.75 Å². The van der Waals surface area contributed by atoms with Gasteiger partial charge in [-0.2, -0.15) is 0 Å². The van der Waals surface area contributed by atoms with Crippen LogP contribution >= 0.6 is 0 Å². The van der Waals surface area contributed by atoms with E-state index in [2.05, 4.69) is 19.7 Å². The molecule has 0 spiro atoms. The molecule has 0 heterocycles. The fourth-order valence-electron chi connectivity index (χ4n) is 1.99. The Kier molecular flexibility index (Phi) is 4.60. The van der Waals surface area contributed by atoms with Gasteiger partial charge in [-0.15, -0.1) is 19.7 Å². The van der Waals surface area contributed by atoms with Gasteiger partial charge in [0, 0.05) is 11.1 Å². The van der Waals surface area contributed by atoms with Crippen molar-refractivity contribution in [1.82, 2.24) is 0 Å². The zero-order chi connectivity index (χ0) is 13.7. The Balaban J connectivity index is 3.60. The van der Waals surface area contributed by atoms with Gasteiger partial charge in [-0.1, -0.05) is 18.2 Å². The van der Waals surface area contributed by atoms with Crippen molar-refractivity contribution in [3.05, 3.63) is 54.7 Å². The lowest BCUT2D eigenvalue weighted by atomic mass is 9.92. The summed E-state index contributed by atoms with van der Waals surface area (Å²) in [5.74, 6) is -1.08. The molecular weight excluding hydrogens is 228 g/mol. The quantitative estimate of drug-likeness (QED) is 0.534. The second-order valence-corrected chi connectivity index (χ2v) is 3.96. The molecule has 0 unspecified atom stereocenters. The Morgan fingerprint density at radius 2 is 0.944 bits per heavy atom. The molecule has 1 rings (SSSR count). The highest BCUT2D eigenvalue weighted by Crippen LogP contribution is 2.44. The van der Waals surface area contributed by atoms with Crippen LogP contribution in [0.3, 0.4) is 0 Å². The summed E-state index contributed by atoms with van der Waals surface area (Å²) in [5, 5.41) is 29.5. The fraction of sp³-hybridized carbons (Fsp3) is 0.200. The first-order valence-corrected chi connectivity index (χ1v) is 5.68. The van der Waals surface area contributed by atoms with Crippen molar-refractivity contribution in [2.45, 2.75) is 19.3 Å². The minimum Gasteiger partial charge on any atom is -0.504 e. The van der Waals surface area contributed by atoms with E-state index in [1.165, 1.54) is 0 Å². The van der Waals surface area contributed by atoms with Crippen molar-refractivity contribution < 1.29 is 15.3 Å². The molecule has 0 aliphatic heterocycles. The van der Waals surface area contributed by atoms with Crippen molar-refractivity contribution in [2.24, 2.45) is 0 Å². The van der Waals surface area contributed by atoms with Crippen molar-refractivity contribution in [1.29, 1.82) is 0 Å². The Morgan fingerprint density at radius 1 is 0.611 bits per heavy atom. The van der Waals surface area contributed by atoms with E-state index in [0.717, 1.165) is 5.56 Å². The summed E-state index contributed by atoms with van der Waals surface area (Å²) in [5.41, 5.74) is 1.90. The molecule has 18 heavy (non-hydrogen) atoms. The number of rotatable bonds is 6. The van der Waals surface area contributed by atoms with Gasteiger partial charge < -0.3 is 15.3 Å². The Hall–Kier alpha value is -2.16. The van der Waals surface area contributed by atoms with Crippen LogP contribution in [-0.4, -0.2) is 15.3 Å². The van der Waals surface area contributed by atoms with Crippen LogP contribution in [0.2, 0.25) is 0 Å². The topological polar surface area (TPSA) is 60.7 Å². The Morgan fingerprint density at radius 3 is 1.28 bits per heavy atom. The third-order valence-corrected chi connectivity index (χ3v) is 2.79. The van der Waals surface area contributed by atoms with E-state index in [-0.39, 0.29) is 11.5 Å². The number of aromatic hydroxyl groups is 3. The summed E-state index contributed by atoms with van der Waals surface area (Å²) < 4.78 is 0. The number of hydrogen-bond donors (Lipinski definition) is 3. The Labute approximate surface area is 107 Å². The van der Waals surface area contributed by atoms with Gasteiger partial charge in [0.15, 0.2) is 11.5 Å². The largest absolute Gasteiger partial charge is 0.504 e. The van der Waals surface area contributed by atoms with Crippen LogP contribution in [0.25, 0.3) is 0 Å². The third kappa shape index (κ3) is 2.40. The molecule has 3 heteroatoms. The standard InChI is InChI=1S/C15H18O3/c1-4-7-10-11(8-5-2)13(16)15(18)14(17)12(10)9-6-3/h4-6,16-18H,1-3,7-9H2. The Bertz CT molecular complexity index is 450. The second-order valence-electron chi connectivity index (χ2n) is 3.96. The molecule has 3 N–H and O–H groups in total. The van der Waals surface area contributed by atoms with Crippen LogP contribution < -0.4 is 0 Å². The molecule has 0 aliphatic carbocycles. The van der Waals surface area contributed by atoms with Crippen LogP contribution in [0, 0.1) is 0 Å². The molecule has 1 aromatic rings. The monoisotopic (exact) mass is 246 g/mol. The summed E-state index contributed by atoms with van der Waals surface area (Å²) >= 11 is 0. The van der Waals surface area contributed by atoms with E-state index >= 15 is 0 Å². The first-order chi connectivity index (χ1) is 8.58. The lowest BCUT2D eigenvalue weighted by molar-refractivity contribution is 0.362. The van der Waals surface area contributed by atoms with Crippen molar-refractivity contribution >= 4 is 0 Å². The van der Waals surface area contributed by atoms with Crippen LogP contribution in [-0.2, 0) is 19.3 Å². The van der Waals surface area contributed by atoms with Crippen molar-refractivity contribution in [3.63, 3.8) is 0 Å². The molecule has 0 atom stereocenters. The number of benzene rings is 1. The number of hydrogen-bond acceptors (Lipinski definition) is 3. The van der Waals surface area contributed by atoms with Gasteiger partial charge in [-0.05, 0) is 24.8 Å². The summed E-state index contributed by atoms with van der Waals surface area (Å²) in [6.07, 6.45) is 6.27. The van der Waals surface area contributed by atoms with E-state index in [1.807, 2.05) is 0 Å². The summed E-state index contributed by atoms with van der Waals surface area (Å²) in [7, 11) is 0. The van der Waals surface area contributed by atoms with Crippen molar-refractivity contribution in [2.75, 3.05) is 0 Å². The van der Waals surface area contributed by atoms with Gasteiger partial charge in [-0.3, -0.25) is 0 Å². The lowest BCUT2D eigenvalue weighted by Gasteiger charge is -2.17. The molecule has 3 nitrogen and oxygen atoms in total. The highest BCUT2D eigenvalue weighted by Gasteiger charge is 2.20. The zero-order valence-electron chi connectivity index (χ0n) is 10.3. The first kappa shape index (κ1) is 13.9. The average Bonchev–Trinajstić information content (AvgIpc) is 2.36.